The highest BCUT2D eigenvalue weighted by Crippen LogP contribution is 2.33. The lowest BCUT2D eigenvalue weighted by atomic mass is 10.1. The van der Waals surface area contributed by atoms with Crippen LogP contribution in [0, 0.1) is 0 Å². The van der Waals surface area contributed by atoms with Crippen LogP contribution in [-0.2, 0) is 4.74 Å². The number of hydrogen-bond acceptors (Lipinski definition) is 4. The number of pyridine rings is 1. The van der Waals surface area contributed by atoms with Gasteiger partial charge < -0.3 is 15.4 Å². The van der Waals surface area contributed by atoms with E-state index in [-0.39, 0.29) is 6.04 Å². The van der Waals surface area contributed by atoms with Gasteiger partial charge in [-0.25, -0.2) is 0 Å². The summed E-state index contributed by atoms with van der Waals surface area (Å²) in [6.45, 7) is 3.89. The van der Waals surface area contributed by atoms with Gasteiger partial charge in [-0.3, -0.25) is 4.98 Å². The van der Waals surface area contributed by atoms with Gasteiger partial charge in [-0.2, -0.15) is 0 Å². The lowest BCUT2D eigenvalue weighted by Crippen LogP contribution is -2.48. The molecule has 19 heavy (non-hydrogen) atoms. The number of fused-ring (bicyclic) bond motifs is 1. The minimum Gasteiger partial charge on any atom is -0.374 e. The van der Waals surface area contributed by atoms with E-state index in [0.717, 1.165) is 25.3 Å². The summed E-state index contributed by atoms with van der Waals surface area (Å²) >= 11 is 0. The van der Waals surface area contributed by atoms with Gasteiger partial charge in [-0.15, -0.1) is 0 Å². The SMILES string of the molecule is CC[C@H](N)c1ccc(N2CCOC3CCCC32)cn1. The molecule has 1 aromatic rings. The molecule has 2 N–H and O–H groups in total. The van der Waals surface area contributed by atoms with Crippen molar-refractivity contribution in [3.05, 3.63) is 24.0 Å². The van der Waals surface area contributed by atoms with Gasteiger partial charge in [0.25, 0.3) is 0 Å². The van der Waals surface area contributed by atoms with Crippen molar-refractivity contribution >= 4 is 5.69 Å². The highest BCUT2D eigenvalue weighted by molar-refractivity contribution is 5.47. The van der Waals surface area contributed by atoms with Gasteiger partial charge >= 0.3 is 0 Å². The molecule has 1 saturated heterocycles. The Hall–Kier alpha value is -1.13. The van der Waals surface area contributed by atoms with Gasteiger partial charge in [-0.1, -0.05) is 6.92 Å². The maximum atomic E-state index is 6.01. The summed E-state index contributed by atoms with van der Waals surface area (Å²) < 4.78 is 5.85. The normalized spacial score (nSPS) is 28.2. The van der Waals surface area contributed by atoms with Crippen LogP contribution in [-0.4, -0.2) is 30.3 Å². The first-order valence-electron chi connectivity index (χ1n) is 7.39. The number of nitrogens with zero attached hydrogens (tertiary/aromatic N) is 2. The summed E-state index contributed by atoms with van der Waals surface area (Å²) in [5.74, 6) is 0. The first-order chi connectivity index (χ1) is 9.29. The summed E-state index contributed by atoms with van der Waals surface area (Å²) in [6.07, 6.45) is 7.04. The zero-order chi connectivity index (χ0) is 13.2. The molecule has 4 nitrogen and oxygen atoms in total. The summed E-state index contributed by atoms with van der Waals surface area (Å²) in [4.78, 5) is 7.00. The van der Waals surface area contributed by atoms with E-state index >= 15 is 0 Å². The maximum absolute atomic E-state index is 6.01. The summed E-state index contributed by atoms with van der Waals surface area (Å²) in [7, 11) is 0. The summed E-state index contributed by atoms with van der Waals surface area (Å²) in [6, 6.07) is 4.83. The van der Waals surface area contributed by atoms with Crippen LogP contribution in [0.1, 0.15) is 44.3 Å². The Bertz CT molecular complexity index is 420. The summed E-state index contributed by atoms with van der Waals surface area (Å²) in [5, 5.41) is 0. The van der Waals surface area contributed by atoms with Crippen molar-refractivity contribution in [2.24, 2.45) is 5.73 Å². The molecule has 3 rings (SSSR count). The van der Waals surface area contributed by atoms with Crippen molar-refractivity contribution in [2.45, 2.75) is 50.8 Å². The second-order valence-electron chi connectivity index (χ2n) is 5.56. The van der Waals surface area contributed by atoms with Crippen molar-refractivity contribution in [1.82, 2.24) is 4.98 Å². The van der Waals surface area contributed by atoms with Crippen LogP contribution in [0.25, 0.3) is 0 Å². The fourth-order valence-electron chi connectivity index (χ4n) is 3.24. The van der Waals surface area contributed by atoms with Crippen molar-refractivity contribution in [3.8, 4) is 0 Å². The third-order valence-corrected chi connectivity index (χ3v) is 4.40. The summed E-state index contributed by atoms with van der Waals surface area (Å²) in [5.41, 5.74) is 8.22. The Morgan fingerprint density at radius 3 is 3.11 bits per heavy atom. The Morgan fingerprint density at radius 2 is 2.37 bits per heavy atom. The molecule has 0 bridgehead atoms. The van der Waals surface area contributed by atoms with E-state index < -0.39 is 0 Å². The molecule has 4 heteroatoms. The first kappa shape index (κ1) is 12.9. The van der Waals surface area contributed by atoms with E-state index in [1.54, 1.807) is 0 Å². The molecule has 104 valence electrons. The quantitative estimate of drug-likeness (QED) is 0.906. The molecule has 2 heterocycles. The van der Waals surface area contributed by atoms with Crippen molar-refractivity contribution in [1.29, 1.82) is 0 Å². The number of nitrogens with two attached hydrogens (primary N) is 1. The molecule has 1 saturated carbocycles. The zero-order valence-electron chi connectivity index (χ0n) is 11.6. The molecule has 1 aromatic heterocycles. The predicted molar refractivity (Wildman–Crippen MR) is 76.2 cm³/mol. The molecule has 3 atom stereocenters. The van der Waals surface area contributed by atoms with Crippen LogP contribution < -0.4 is 10.6 Å². The van der Waals surface area contributed by atoms with E-state index in [2.05, 4.69) is 28.9 Å². The van der Waals surface area contributed by atoms with E-state index in [0.29, 0.717) is 12.1 Å². The van der Waals surface area contributed by atoms with E-state index in [1.165, 1.54) is 24.9 Å². The van der Waals surface area contributed by atoms with Crippen LogP contribution in [0.5, 0.6) is 0 Å². The van der Waals surface area contributed by atoms with E-state index in [9.17, 15) is 0 Å². The average molecular weight is 261 g/mol. The Morgan fingerprint density at radius 1 is 1.47 bits per heavy atom. The largest absolute Gasteiger partial charge is 0.374 e. The molecule has 0 amide bonds. The third-order valence-electron chi connectivity index (χ3n) is 4.40. The van der Waals surface area contributed by atoms with Crippen LogP contribution >= 0.6 is 0 Å². The minimum absolute atomic E-state index is 0.0537. The average Bonchev–Trinajstić information content (AvgIpc) is 2.95. The molecular formula is C15H23N3O. The van der Waals surface area contributed by atoms with Crippen LogP contribution in [0.15, 0.2) is 18.3 Å². The maximum Gasteiger partial charge on any atom is 0.0779 e. The van der Waals surface area contributed by atoms with Gasteiger partial charge in [-0.05, 0) is 37.8 Å². The number of rotatable bonds is 3. The van der Waals surface area contributed by atoms with Crippen molar-refractivity contribution in [3.63, 3.8) is 0 Å². The van der Waals surface area contributed by atoms with Crippen molar-refractivity contribution < 1.29 is 4.74 Å². The molecule has 0 aromatic carbocycles. The van der Waals surface area contributed by atoms with Gasteiger partial charge in [0.1, 0.15) is 0 Å². The molecule has 2 unspecified atom stereocenters. The molecular weight excluding hydrogens is 238 g/mol. The second-order valence-corrected chi connectivity index (χ2v) is 5.56. The van der Waals surface area contributed by atoms with Gasteiger partial charge in [0.15, 0.2) is 0 Å². The molecule has 1 aliphatic carbocycles. The van der Waals surface area contributed by atoms with Crippen molar-refractivity contribution in [2.75, 3.05) is 18.1 Å². The monoisotopic (exact) mass is 261 g/mol. The predicted octanol–water partition coefficient (Wildman–Crippen LogP) is 2.25. The number of anilines is 1. The number of hydrogen-bond donors (Lipinski definition) is 1. The number of ether oxygens (including phenoxy) is 1. The first-order valence-corrected chi connectivity index (χ1v) is 7.39. The van der Waals surface area contributed by atoms with Crippen LogP contribution in [0.4, 0.5) is 5.69 Å². The lowest BCUT2D eigenvalue weighted by molar-refractivity contribution is 0.0256. The van der Waals surface area contributed by atoms with E-state index in [1.807, 2.05) is 6.20 Å². The highest BCUT2D eigenvalue weighted by Gasteiger charge is 2.36. The van der Waals surface area contributed by atoms with Gasteiger partial charge in [0, 0.05) is 12.6 Å². The minimum atomic E-state index is 0.0537. The fraction of sp³-hybridized carbons (Fsp3) is 0.667. The number of aromatic nitrogens is 1. The Labute approximate surface area is 115 Å². The zero-order valence-corrected chi connectivity index (χ0v) is 11.6. The standard InChI is InChI=1S/C15H23N3O/c1-2-12(16)13-7-6-11(10-17-13)18-8-9-19-15-5-3-4-14(15)18/h6-7,10,12,14-15H,2-5,8-9,16H2,1H3/t12-,14?,15?/m0/s1. The highest BCUT2D eigenvalue weighted by atomic mass is 16.5. The second kappa shape index (κ2) is 5.47. The molecule has 2 fully saturated rings. The third kappa shape index (κ3) is 2.47. The Kier molecular flexibility index (Phi) is 3.71. The smallest absolute Gasteiger partial charge is 0.0779 e. The molecule has 2 aliphatic rings. The fourth-order valence-corrected chi connectivity index (χ4v) is 3.24. The van der Waals surface area contributed by atoms with Crippen LogP contribution in [0.3, 0.4) is 0 Å². The van der Waals surface area contributed by atoms with Crippen LogP contribution in [0.2, 0.25) is 0 Å². The molecule has 0 spiro atoms. The van der Waals surface area contributed by atoms with Gasteiger partial charge in [0.2, 0.25) is 0 Å². The molecule has 0 radical (unpaired) electrons. The number of morpholine rings is 1. The van der Waals surface area contributed by atoms with E-state index in [4.69, 9.17) is 10.5 Å². The molecule has 1 aliphatic heterocycles. The van der Waals surface area contributed by atoms with Gasteiger partial charge in [0.05, 0.1) is 36.3 Å². The lowest BCUT2D eigenvalue weighted by Gasteiger charge is -2.39. The Balaban J connectivity index is 1.77. The topological polar surface area (TPSA) is 51.4 Å².